The van der Waals surface area contributed by atoms with E-state index in [-0.39, 0.29) is 16.1 Å². The van der Waals surface area contributed by atoms with Crippen LogP contribution < -0.4 is 15.4 Å². The van der Waals surface area contributed by atoms with E-state index in [0.717, 1.165) is 0 Å². The van der Waals surface area contributed by atoms with Gasteiger partial charge >= 0.3 is 88.4 Å². The van der Waals surface area contributed by atoms with Gasteiger partial charge in [0, 0.05) is 5.69 Å². The Morgan fingerprint density at radius 1 is 1.26 bits per heavy atom. The van der Waals surface area contributed by atoms with Crippen molar-refractivity contribution in [3.05, 3.63) is 54.3 Å². The van der Waals surface area contributed by atoms with Gasteiger partial charge in [0.15, 0.2) is 0 Å². The first-order valence-corrected chi connectivity index (χ1v) is 9.61. The molecule has 0 fully saturated rings. The fraction of sp³-hybridized carbons (Fsp3) is 0.0714. The van der Waals surface area contributed by atoms with E-state index in [4.69, 9.17) is 11.0 Å². The molecule has 0 aromatic heterocycles. The zero-order chi connectivity index (χ0) is 17.5. The number of anilines is 2. The molecule has 0 aliphatic rings. The monoisotopic (exact) mass is 386 g/mol. The van der Waals surface area contributed by atoms with E-state index in [1.165, 1.54) is 49.4 Å². The molecule has 0 saturated carbocycles. The van der Waals surface area contributed by atoms with Crippen molar-refractivity contribution in [2.24, 2.45) is 0 Å². The van der Waals surface area contributed by atoms with Gasteiger partial charge in [0.2, 0.25) is 0 Å². The summed E-state index contributed by atoms with van der Waals surface area (Å²) in [7, 11) is 0. The molecule has 0 bridgehead atoms. The van der Waals surface area contributed by atoms with Gasteiger partial charge in [0.1, 0.15) is 5.82 Å². The van der Waals surface area contributed by atoms with Gasteiger partial charge in [-0.3, -0.25) is 0 Å². The molecule has 7 nitrogen and oxygen atoms in total. The molecule has 0 aliphatic carbocycles. The summed E-state index contributed by atoms with van der Waals surface area (Å²) in [5.41, 5.74) is 6.22. The largest absolute Gasteiger partial charge is 0.399 e. The van der Waals surface area contributed by atoms with Gasteiger partial charge < -0.3 is 5.73 Å². The van der Waals surface area contributed by atoms with Crippen molar-refractivity contribution in [2.75, 3.05) is 11.1 Å². The van der Waals surface area contributed by atoms with E-state index in [2.05, 4.69) is 9.19 Å². The van der Waals surface area contributed by atoms with Gasteiger partial charge in [-0.2, -0.15) is 0 Å². The summed E-state index contributed by atoms with van der Waals surface area (Å²) in [6, 6.07) is 11.3. The van der Waals surface area contributed by atoms with Crippen LogP contribution in [-0.4, -0.2) is 29.4 Å². The van der Waals surface area contributed by atoms with E-state index in [1.807, 2.05) is 0 Å². The van der Waals surface area contributed by atoms with Crippen LogP contribution >= 0.6 is 0 Å². The van der Waals surface area contributed by atoms with Crippen LogP contribution in [0.3, 0.4) is 0 Å². The average Bonchev–Trinajstić information content (AvgIpc) is 2.50. The summed E-state index contributed by atoms with van der Waals surface area (Å²) in [4.78, 5) is 10.7. The molecule has 2 aromatic rings. The number of amides is 1. The van der Waals surface area contributed by atoms with Crippen molar-refractivity contribution in [1.82, 2.24) is 0 Å². The van der Waals surface area contributed by atoms with E-state index in [9.17, 15) is 17.0 Å². The van der Waals surface area contributed by atoms with Crippen LogP contribution in [0.25, 0.3) is 0 Å². The molecular formula is C14H16AsFN2O5. The third-order valence-electron chi connectivity index (χ3n) is 2.47. The Morgan fingerprint density at radius 2 is 1.87 bits per heavy atom. The van der Waals surface area contributed by atoms with E-state index >= 15 is 0 Å². The Labute approximate surface area is 134 Å². The maximum atomic E-state index is 12.0. The summed E-state index contributed by atoms with van der Waals surface area (Å²) in [6.07, 6.45) is 0. The molecule has 0 spiro atoms. The number of halogens is 1. The molecule has 5 N–H and O–H groups in total. The first-order valence-electron chi connectivity index (χ1n) is 6.30. The molecule has 0 saturated heterocycles. The van der Waals surface area contributed by atoms with Crippen molar-refractivity contribution in [2.45, 2.75) is 6.92 Å². The van der Waals surface area contributed by atoms with Gasteiger partial charge in [0.25, 0.3) is 0 Å². The Balaban J connectivity index is 0.000000277. The molecule has 1 amide bonds. The number of hydrogen-bond donors (Lipinski definition) is 4. The van der Waals surface area contributed by atoms with Crippen LogP contribution in [0.4, 0.5) is 15.8 Å². The molecule has 23 heavy (non-hydrogen) atoms. The van der Waals surface area contributed by atoms with Gasteiger partial charge in [-0.15, -0.1) is 0 Å². The summed E-state index contributed by atoms with van der Waals surface area (Å²) in [5.74, 6) is -0.545. The van der Waals surface area contributed by atoms with Crippen LogP contribution in [0.5, 0.6) is 0 Å². The second kappa shape index (κ2) is 8.50. The average molecular weight is 386 g/mol. The van der Waals surface area contributed by atoms with Gasteiger partial charge in [-0.25, -0.2) is 4.39 Å². The minimum absolute atomic E-state index is 0.0399. The minimum Gasteiger partial charge on any atom is -0.399 e. The van der Waals surface area contributed by atoms with Crippen molar-refractivity contribution in [3.63, 3.8) is 0 Å². The molecule has 1 unspecified atom stereocenters. The SMILES string of the molecule is CC(=O)Nc1cccc([As](=O)(O)OO)c1.Nc1ccc(F)cc1. The number of hydrogen-bond acceptors (Lipinski definition) is 5. The fourth-order valence-electron chi connectivity index (χ4n) is 1.47. The Morgan fingerprint density at radius 3 is 2.35 bits per heavy atom. The predicted octanol–water partition coefficient (Wildman–Crippen LogP) is 1.11. The van der Waals surface area contributed by atoms with Crippen molar-refractivity contribution in [1.29, 1.82) is 0 Å². The number of carbonyl (C=O) groups is 1. The second-order valence-corrected chi connectivity index (χ2v) is 7.99. The predicted molar refractivity (Wildman–Crippen MR) is 83.6 cm³/mol. The molecule has 0 aliphatic heterocycles. The Hall–Kier alpha value is -2.12. The number of carbonyl (C=O) groups excluding carboxylic acids is 1. The van der Waals surface area contributed by atoms with Crippen LogP contribution in [0, 0.1) is 5.82 Å². The van der Waals surface area contributed by atoms with Crippen LogP contribution in [-0.2, 0) is 12.4 Å². The maximum absolute atomic E-state index is 12.0. The number of nitrogens with two attached hydrogens (primary N) is 1. The summed E-state index contributed by atoms with van der Waals surface area (Å²) >= 11 is -4.83. The van der Waals surface area contributed by atoms with E-state index in [0.29, 0.717) is 11.4 Å². The molecule has 0 radical (unpaired) electrons. The van der Waals surface area contributed by atoms with Crippen molar-refractivity contribution in [3.8, 4) is 0 Å². The first kappa shape index (κ1) is 18.9. The Kier molecular flexibility index (Phi) is 6.99. The maximum Gasteiger partial charge on any atom is 0.123 e. The third kappa shape index (κ3) is 6.66. The van der Waals surface area contributed by atoms with Gasteiger partial charge in [-0.1, -0.05) is 0 Å². The number of nitrogens with one attached hydrogen (secondary N) is 1. The first-order chi connectivity index (χ1) is 10.7. The summed E-state index contributed by atoms with van der Waals surface area (Å²) in [6.45, 7) is 1.32. The molecular weight excluding hydrogens is 370 g/mol. The molecule has 2 aromatic carbocycles. The Bertz CT molecular complexity index is 688. The van der Waals surface area contributed by atoms with Crippen molar-refractivity contribution < 1.29 is 26.2 Å². The normalized spacial score (nSPS) is 12.5. The number of nitrogen functional groups attached to an aromatic ring is 1. The van der Waals surface area contributed by atoms with Gasteiger partial charge in [0.05, 0.1) is 0 Å². The van der Waals surface area contributed by atoms with E-state index < -0.39 is 14.2 Å². The minimum atomic E-state index is -4.83. The topological polar surface area (TPSA) is 122 Å². The molecule has 1 atom stereocenters. The zero-order valence-electron chi connectivity index (χ0n) is 12.1. The summed E-state index contributed by atoms with van der Waals surface area (Å²) < 4.78 is 36.0. The fourth-order valence-corrected chi connectivity index (χ4v) is 2.88. The second-order valence-electron chi connectivity index (χ2n) is 4.39. The molecule has 2 rings (SSSR count). The molecule has 124 valence electrons. The van der Waals surface area contributed by atoms with Crippen LogP contribution in [0.2, 0.25) is 0 Å². The quantitative estimate of drug-likeness (QED) is 0.271. The third-order valence-corrected chi connectivity index (χ3v) is 4.89. The number of rotatable bonds is 3. The molecule has 9 heteroatoms. The summed E-state index contributed by atoms with van der Waals surface area (Å²) in [5, 5.41) is 10.7. The molecule has 0 heterocycles. The standard InChI is InChI=1S/C8H10AsNO5.C6H6FN/c1-6(11)10-8-4-2-3-7(5-8)9(12,13)15-14;7-5-1-3-6(8)4-2-5/h2-5,14H,1H3,(H,10,11)(H,12,13);1-4H,8H2. The van der Waals surface area contributed by atoms with Gasteiger partial charge in [-0.05, 0) is 24.3 Å². The number of benzene rings is 2. The zero-order valence-corrected chi connectivity index (χ0v) is 14.0. The van der Waals surface area contributed by atoms with Crippen LogP contribution in [0.15, 0.2) is 48.5 Å². The smallest absolute Gasteiger partial charge is 0.123 e. The van der Waals surface area contributed by atoms with E-state index in [1.54, 1.807) is 6.07 Å². The van der Waals surface area contributed by atoms with Crippen LogP contribution in [0.1, 0.15) is 6.92 Å². The van der Waals surface area contributed by atoms with Crippen molar-refractivity contribution >= 4 is 35.8 Å².